The molecule has 29 heavy (non-hydrogen) atoms. The average Bonchev–Trinajstić information content (AvgIpc) is 3.35. The van der Waals surface area contributed by atoms with E-state index in [1.807, 2.05) is 26.0 Å². The fraction of sp³-hybridized carbons (Fsp3) is 0.421. The highest BCUT2D eigenvalue weighted by molar-refractivity contribution is 5.92. The molecule has 0 aliphatic heterocycles. The van der Waals surface area contributed by atoms with Gasteiger partial charge in [0.05, 0.1) is 17.4 Å². The molecule has 0 spiro atoms. The molecule has 0 saturated carbocycles. The molecule has 0 saturated heterocycles. The zero-order valence-electron chi connectivity index (χ0n) is 16.6. The quantitative estimate of drug-likeness (QED) is 0.581. The Balaban J connectivity index is 0.000000248. The lowest BCUT2D eigenvalue weighted by atomic mass is 10.2. The molecule has 0 fully saturated rings. The zero-order valence-corrected chi connectivity index (χ0v) is 16.6. The fourth-order valence-electron chi connectivity index (χ4n) is 2.65. The molecule has 7 nitrogen and oxygen atoms in total. The minimum atomic E-state index is -4.52. The number of halogens is 3. The number of amides is 1. The van der Waals surface area contributed by atoms with Crippen LogP contribution in [0.15, 0.2) is 30.6 Å². The lowest BCUT2D eigenvalue weighted by molar-refractivity contribution is -0.141. The van der Waals surface area contributed by atoms with E-state index in [-0.39, 0.29) is 5.69 Å². The summed E-state index contributed by atoms with van der Waals surface area (Å²) >= 11 is 0. The van der Waals surface area contributed by atoms with Crippen LogP contribution in [0, 0.1) is 6.92 Å². The first-order chi connectivity index (χ1) is 13.8. The predicted octanol–water partition coefficient (Wildman–Crippen LogP) is 3.37. The van der Waals surface area contributed by atoms with Gasteiger partial charge in [-0.1, -0.05) is 26.0 Å². The Labute approximate surface area is 166 Å². The van der Waals surface area contributed by atoms with Crippen molar-refractivity contribution in [2.45, 2.75) is 26.9 Å². The first-order valence-electron chi connectivity index (χ1n) is 9.28. The Kier molecular flexibility index (Phi) is 7.77. The molecule has 158 valence electrons. The molecule has 0 aliphatic rings. The Hall–Kier alpha value is -2.88. The molecule has 0 radical (unpaired) electrons. The zero-order chi connectivity index (χ0) is 21.4. The third-order valence-electron chi connectivity index (χ3n) is 4.38. The van der Waals surface area contributed by atoms with E-state index in [1.165, 1.54) is 5.56 Å². The number of para-hydroxylation sites is 1. The summed E-state index contributed by atoms with van der Waals surface area (Å²) < 4.78 is 36.9. The average molecular weight is 410 g/mol. The van der Waals surface area contributed by atoms with Crippen LogP contribution in [0.1, 0.15) is 35.6 Å². The summed E-state index contributed by atoms with van der Waals surface area (Å²) in [7, 11) is 0. The van der Waals surface area contributed by atoms with Crippen molar-refractivity contribution >= 4 is 16.9 Å². The molecule has 10 heteroatoms. The number of likely N-dealkylation sites (N-methyl/N-ethyl adjacent to an activating group) is 1. The maximum atomic E-state index is 12.3. The highest BCUT2D eigenvalue weighted by Crippen LogP contribution is 2.27. The van der Waals surface area contributed by atoms with Crippen LogP contribution in [0.3, 0.4) is 0 Å². The molecule has 0 unspecified atom stereocenters. The molecular weight excluding hydrogens is 385 g/mol. The van der Waals surface area contributed by atoms with Crippen molar-refractivity contribution in [1.29, 1.82) is 0 Å². The van der Waals surface area contributed by atoms with Gasteiger partial charge < -0.3 is 15.2 Å². The number of nitrogens with one attached hydrogen (secondary N) is 3. The Bertz CT molecular complexity index is 914. The van der Waals surface area contributed by atoms with Crippen LogP contribution in [-0.2, 0) is 6.18 Å². The van der Waals surface area contributed by atoms with Crippen LogP contribution in [0.5, 0.6) is 0 Å². The smallest absolute Gasteiger partial charge is 0.349 e. The lowest BCUT2D eigenvalue weighted by Crippen LogP contribution is -2.34. The number of carbonyl (C=O) groups is 1. The number of aromatic nitrogens is 4. The number of carbonyl (C=O) groups excluding carboxylic acids is 1. The highest BCUT2D eigenvalue weighted by Gasteiger charge is 2.33. The summed E-state index contributed by atoms with van der Waals surface area (Å²) in [5.41, 5.74) is 2.12. The Morgan fingerprint density at radius 1 is 1.24 bits per heavy atom. The van der Waals surface area contributed by atoms with E-state index in [2.05, 4.69) is 38.3 Å². The van der Waals surface area contributed by atoms with Crippen molar-refractivity contribution in [2.75, 3.05) is 26.2 Å². The summed E-state index contributed by atoms with van der Waals surface area (Å²) in [6, 6.07) is 6.81. The van der Waals surface area contributed by atoms with E-state index in [0.29, 0.717) is 19.2 Å². The standard InChI is InChI=1S/C11H17F3N4O.C8H8N2/c1-3-18(4-2)6-5-15-10(19)8-7-9(17-16-8)11(12,13)14;1-6-3-2-4-7-8(6)10-5-9-7/h7H,3-6H2,1-2H3,(H,15,19)(H,16,17);2-5H,1H3,(H,9,10). The highest BCUT2D eigenvalue weighted by atomic mass is 19.4. The molecule has 1 aromatic carbocycles. The third kappa shape index (κ3) is 6.31. The van der Waals surface area contributed by atoms with Crippen molar-refractivity contribution in [1.82, 2.24) is 30.4 Å². The summed E-state index contributed by atoms with van der Waals surface area (Å²) in [6.07, 6.45) is -2.80. The summed E-state index contributed by atoms with van der Waals surface area (Å²) in [6.45, 7) is 8.77. The molecule has 0 bridgehead atoms. The van der Waals surface area contributed by atoms with E-state index in [0.717, 1.165) is 24.1 Å². The second kappa shape index (κ2) is 10.1. The van der Waals surface area contributed by atoms with Crippen LogP contribution in [0.2, 0.25) is 0 Å². The monoisotopic (exact) mass is 410 g/mol. The number of aryl methyl sites for hydroxylation is 1. The number of hydrogen-bond acceptors (Lipinski definition) is 4. The Morgan fingerprint density at radius 2 is 1.97 bits per heavy atom. The van der Waals surface area contributed by atoms with Gasteiger partial charge in [-0.15, -0.1) is 0 Å². The number of benzene rings is 1. The summed E-state index contributed by atoms with van der Waals surface area (Å²) in [5.74, 6) is -0.612. The maximum Gasteiger partial charge on any atom is 0.432 e. The van der Waals surface area contributed by atoms with Gasteiger partial charge in [0.25, 0.3) is 5.91 Å². The minimum absolute atomic E-state index is 0.258. The molecule has 3 N–H and O–H groups in total. The molecule has 0 atom stereocenters. The van der Waals surface area contributed by atoms with Gasteiger partial charge in [-0.2, -0.15) is 18.3 Å². The normalized spacial score (nSPS) is 11.4. The minimum Gasteiger partial charge on any atom is -0.349 e. The number of hydrogen-bond donors (Lipinski definition) is 3. The van der Waals surface area contributed by atoms with Crippen LogP contribution in [0.25, 0.3) is 11.0 Å². The Morgan fingerprint density at radius 3 is 2.55 bits per heavy atom. The van der Waals surface area contributed by atoms with Gasteiger partial charge >= 0.3 is 6.18 Å². The summed E-state index contributed by atoms with van der Waals surface area (Å²) in [4.78, 5) is 20.9. The third-order valence-corrected chi connectivity index (χ3v) is 4.38. The van der Waals surface area contributed by atoms with Gasteiger partial charge in [0, 0.05) is 19.2 Å². The largest absolute Gasteiger partial charge is 0.432 e. The number of fused-ring (bicyclic) bond motifs is 1. The number of nitrogens with zero attached hydrogens (tertiary/aromatic N) is 3. The molecule has 1 amide bonds. The van der Waals surface area contributed by atoms with Crippen molar-refractivity contribution in [3.8, 4) is 0 Å². The van der Waals surface area contributed by atoms with Crippen molar-refractivity contribution in [3.05, 3.63) is 47.5 Å². The van der Waals surface area contributed by atoms with Gasteiger partial charge in [-0.05, 0) is 31.6 Å². The fourth-order valence-corrected chi connectivity index (χ4v) is 2.65. The SMILES string of the molecule is CCN(CC)CCNC(=O)c1cc(C(F)(F)F)[nH]n1.Cc1cccc2[nH]cnc12. The second-order valence-electron chi connectivity index (χ2n) is 6.32. The van der Waals surface area contributed by atoms with Gasteiger partial charge in [0.15, 0.2) is 5.69 Å². The number of H-pyrrole nitrogens is 2. The van der Waals surface area contributed by atoms with Crippen LogP contribution in [0.4, 0.5) is 13.2 Å². The van der Waals surface area contributed by atoms with E-state index >= 15 is 0 Å². The first kappa shape index (κ1) is 22.4. The first-order valence-corrected chi connectivity index (χ1v) is 9.28. The number of imidazole rings is 1. The number of rotatable bonds is 6. The van der Waals surface area contributed by atoms with E-state index in [4.69, 9.17) is 0 Å². The van der Waals surface area contributed by atoms with Crippen molar-refractivity contribution < 1.29 is 18.0 Å². The number of alkyl halides is 3. The van der Waals surface area contributed by atoms with Gasteiger partial charge in [0.1, 0.15) is 5.69 Å². The van der Waals surface area contributed by atoms with Gasteiger partial charge in [-0.3, -0.25) is 9.89 Å². The second-order valence-corrected chi connectivity index (χ2v) is 6.32. The molecule has 0 aliphatic carbocycles. The topological polar surface area (TPSA) is 89.7 Å². The molecular formula is C19H25F3N6O. The maximum absolute atomic E-state index is 12.3. The molecule has 2 aromatic heterocycles. The van der Waals surface area contributed by atoms with Crippen LogP contribution in [-0.4, -0.2) is 57.2 Å². The predicted molar refractivity (Wildman–Crippen MR) is 105 cm³/mol. The molecule has 3 aromatic rings. The molecule has 3 rings (SSSR count). The van der Waals surface area contributed by atoms with E-state index in [9.17, 15) is 18.0 Å². The number of aromatic amines is 2. The van der Waals surface area contributed by atoms with Crippen LogP contribution >= 0.6 is 0 Å². The van der Waals surface area contributed by atoms with Crippen molar-refractivity contribution in [2.24, 2.45) is 0 Å². The van der Waals surface area contributed by atoms with Gasteiger partial charge in [-0.25, -0.2) is 4.98 Å². The van der Waals surface area contributed by atoms with Crippen LogP contribution < -0.4 is 5.32 Å². The lowest BCUT2D eigenvalue weighted by Gasteiger charge is -2.17. The van der Waals surface area contributed by atoms with Gasteiger partial charge in [0.2, 0.25) is 0 Å². The van der Waals surface area contributed by atoms with E-state index in [1.54, 1.807) is 11.4 Å². The van der Waals surface area contributed by atoms with Crippen molar-refractivity contribution in [3.63, 3.8) is 0 Å². The molecule has 2 heterocycles. The van der Waals surface area contributed by atoms with E-state index < -0.39 is 17.8 Å². The summed E-state index contributed by atoms with van der Waals surface area (Å²) in [5, 5.41) is 7.68.